The lowest BCUT2D eigenvalue weighted by Crippen LogP contribution is -2.35. The van der Waals surface area contributed by atoms with Crippen LogP contribution in [0.2, 0.25) is 5.02 Å². The van der Waals surface area contributed by atoms with Crippen LogP contribution < -0.4 is 10.1 Å². The molecule has 0 saturated carbocycles. The van der Waals surface area contributed by atoms with Crippen LogP contribution in [0.15, 0.2) is 36.7 Å². The Balaban J connectivity index is 1.74. The highest BCUT2D eigenvalue weighted by molar-refractivity contribution is 6.30. The number of hydrogen-bond donors (Lipinski definition) is 1. The van der Waals surface area contributed by atoms with Crippen LogP contribution in [0, 0.1) is 0 Å². The summed E-state index contributed by atoms with van der Waals surface area (Å²) in [7, 11) is 1.65. The van der Waals surface area contributed by atoms with Gasteiger partial charge in [0.25, 0.3) is 0 Å². The SMILES string of the molecule is CNC(=O)CN1CCC[C@H]1c1cncc(Oc2ccc(Cl)cc2)n1. The van der Waals surface area contributed by atoms with Gasteiger partial charge in [-0.15, -0.1) is 0 Å². The maximum atomic E-state index is 11.7. The fraction of sp³-hybridized carbons (Fsp3) is 0.353. The number of aromatic nitrogens is 2. The number of likely N-dealkylation sites (N-methyl/N-ethyl adjacent to an activating group) is 1. The summed E-state index contributed by atoms with van der Waals surface area (Å²) < 4.78 is 5.74. The van der Waals surface area contributed by atoms with Crippen molar-refractivity contribution in [1.82, 2.24) is 20.2 Å². The Morgan fingerprint density at radius 1 is 1.38 bits per heavy atom. The average molecular weight is 347 g/mol. The second-order valence-electron chi connectivity index (χ2n) is 5.64. The summed E-state index contributed by atoms with van der Waals surface area (Å²) in [6.45, 7) is 1.24. The van der Waals surface area contributed by atoms with Gasteiger partial charge in [0.05, 0.1) is 30.7 Å². The second-order valence-corrected chi connectivity index (χ2v) is 6.08. The third-order valence-corrected chi connectivity index (χ3v) is 4.25. The predicted molar refractivity (Wildman–Crippen MR) is 91.2 cm³/mol. The number of hydrogen-bond acceptors (Lipinski definition) is 5. The number of nitrogens with one attached hydrogen (secondary N) is 1. The number of benzene rings is 1. The third-order valence-electron chi connectivity index (χ3n) is 4.00. The lowest BCUT2D eigenvalue weighted by molar-refractivity contribution is -0.122. The number of halogens is 1. The molecule has 1 N–H and O–H groups in total. The average Bonchev–Trinajstić information content (AvgIpc) is 3.05. The number of carbonyl (C=O) groups excluding carboxylic acids is 1. The molecule has 1 aliphatic heterocycles. The Kier molecular flexibility index (Phi) is 5.27. The lowest BCUT2D eigenvalue weighted by atomic mass is 10.1. The number of rotatable bonds is 5. The Labute approximate surface area is 145 Å². The highest BCUT2D eigenvalue weighted by Crippen LogP contribution is 2.31. The molecule has 1 saturated heterocycles. The molecular formula is C17H19ClN4O2. The van der Waals surface area contributed by atoms with Crippen LogP contribution in [0.25, 0.3) is 0 Å². The molecule has 24 heavy (non-hydrogen) atoms. The quantitative estimate of drug-likeness (QED) is 0.901. The molecule has 1 aromatic heterocycles. The molecule has 1 aliphatic rings. The molecule has 2 aromatic rings. The van der Waals surface area contributed by atoms with E-state index in [9.17, 15) is 4.79 Å². The second kappa shape index (κ2) is 7.59. The van der Waals surface area contributed by atoms with Crippen molar-refractivity contribution in [3.63, 3.8) is 0 Å². The number of likely N-dealkylation sites (tertiary alicyclic amines) is 1. The summed E-state index contributed by atoms with van der Waals surface area (Å²) in [6.07, 6.45) is 5.30. The molecule has 6 nitrogen and oxygen atoms in total. The van der Waals surface area contributed by atoms with Crippen molar-refractivity contribution in [3.8, 4) is 11.6 Å². The summed E-state index contributed by atoms with van der Waals surface area (Å²) >= 11 is 5.87. The highest BCUT2D eigenvalue weighted by Gasteiger charge is 2.28. The molecule has 1 amide bonds. The van der Waals surface area contributed by atoms with Crippen molar-refractivity contribution in [1.29, 1.82) is 0 Å². The van der Waals surface area contributed by atoms with E-state index in [4.69, 9.17) is 16.3 Å². The highest BCUT2D eigenvalue weighted by atomic mass is 35.5. The first-order valence-corrected chi connectivity index (χ1v) is 8.23. The molecule has 0 bridgehead atoms. The van der Waals surface area contributed by atoms with E-state index >= 15 is 0 Å². The van der Waals surface area contributed by atoms with E-state index in [1.54, 1.807) is 43.7 Å². The molecule has 1 aromatic carbocycles. The van der Waals surface area contributed by atoms with E-state index in [2.05, 4.69) is 20.2 Å². The van der Waals surface area contributed by atoms with Crippen LogP contribution in [0.1, 0.15) is 24.6 Å². The zero-order chi connectivity index (χ0) is 16.9. The van der Waals surface area contributed by atoms with Gasteiger partial charge in [0.2, 0.25) is 11.8 Å². The van der Waals surface area contributed by atoms with E-state index in [0.717, 1.165) is 25.1 Å². The van der Waals surface area contributed by atoms with Crippen LogP contribution in [0.4, 0.5) is 0 Å². The maximum absolute atomic E-state index is 11.7. The molecule has 1 atom stereocenters. The third kappa shape index (κ3) is 4.01. The Bertz CT molecular complexity index is 708. The number of ether oxygens (including phenoxy) is 1. The van der Waals surface area contributed by atoms with Crippen LogP contribution in [0.3, 0.4) is 0 Å². The van der Waals surface area contributed by atoms with Gasteiger partial charge in [-0.05, 0) is 43.7 Å². The van der Waals surface area contributed by atoms with Crippen molar-refractivity contribution >= 4 is 17.5 Å². The van der Waals surface area contributed by atoms with Crippen molar-refractivity contribution in [2.45, 2.75) is 18.9 Å². The van der Waals surface area contributed by atoms with E-state index in [1.807, 2.05) is 0 Å². The molecule has 0 unspecified atom stereocenters. The van der Waals surface area contributed by atoms with Gasteiger partial charge in [0.15, 0.2) is 0 Å². The van der Waals surface area contributed by atoms with Crippen molar-refractivity contribution in [2.75, 3.05) is 20.1 Å². The fourth-order valence-corrected chi connectivity index (χ4v) is 2.94. The summed E-state index contributed by atoms with van der Waals surface area (Å²) in [4.78, 5) is 22.6. The molecule has 0 radical (unpaired) electrons. The number of nitrogens with zero attached hydrogens (tertiary/aromatic N) is 3. The van der Waals surface area contributed by atoms with Gasteiger partial charge in [0, 0.05) is 12.1 Å². The zero-order valence-corrected chi connectivity index (χ0v) is 14.2. The van der Waals surface area contributed by atoms with Gasteiger partial charge < -0.3 is 10.1 Å². The first kappa shape index (κ1) is 16.7. The van der Waals surface area contributed by atoms with Gasteiger partial charge in [-0.1, -0.05) is 11.6 Å². The zero-order valence-electron chi connectivity index (χ0n) is 13.4. The van der Waals surface area contributed by atoms with Gasteiger partial charge >= 0.3 is 0 Å². The Morgan fingerprint density at radius 2 is 2.17 bits per heavy atom. The van der Waals surface area contributed by atoms with Crippen LogP contribution in [-0.4, -0.2) is 40.9 Å². The fourth-order valence-electron chi connectivity index (χ4n) is 2.81. The first-order chi connectivity index (χ1) is 11.7. The smallest absolute Gasteiger partial charge is 0.238 e. The molecule has 2 heterocycles. The summed E-state index contributed by atoms with van der Waals surface area (Å²) in [6, 6.07) is 7.17. The van der Waals surface area contributed by atoms with Crippen LogP contribution >= 0.6 is 11.6 Å². The van der Waals surface area contributed by atoms with E-state index < -0.39 is 0 Å². The molecule has 126 valence electrons. The molecule has 3 rings (SSSR count). The topological polar surface area (TPSA) is 67.4 Å². The minimum Gasteiger partial charge on any atom is -0.437 e. The van der Waals surface area contributed by atoms with Gasteiger partial charge in [-0.25, -0.2) is 4.98 Å². The number of amides is 1. The first-order valence-electron chi connectivity index (χ1n) is 7.85. The van der Waals surface area contributed by atoms with Crippen molar-refractivity contribution < 1.29 is 9.53 Å². The van der Waals surface area contributed by atoms with Gasteiger partial charge in [0.1, 0.15) is 5.75 Å². The molecule has 7 heteroatoms. The summed E-state index contributed by atoms with van der Waals surface area (Å²) in [5.74, 6) is 1.09. The summed E-state index contributed by atoms with van der Waals surface area (Å²) in [5, 5.41) is 3.31. The van der Waals surface area contributed by atoms with Crippen LogP contribution in [-0.2, 0) is 4.79 Å². The lowest BCUT2D eigenvalue weighted by Gasteiger charge is -2.23. The number of carbonyl (C=O) groups is 1. The van der Waals surface area contributed by atoms with E-state index in [1.165, 1.54) is 0 Å². The minimum absolute atomic E-state index is 0.00317. The molecular weight excluding hydrogens is 328 g/mol. The molecule has 0 aliphatic carbocycles. The van der Waals surface area contributed by atoms with Gasteiger partial charge in [-0.2, -0.15) is 0 Å². The Hall–Kier alpha value is -2.18. The van der Waals surface area contributed by atoms with Crippen molar-refractivity contribution in [3.05, 3.63) is 47.4 Å². The van der Waals surface area contributed by atoms with Gasteiger partial charge in [-0.3, -0.25) is 14.7 Å². The molecule has 1 fully saturated rings. The molecule has 0 spiro atoms. The monoisotopic (exact) mass is 346 g/mol. The normalized spacial score (nSPS) is 17.7. The Morgan fingerprint density at radius 3 is 2.92 bits per heavy atom. The predicted octanol–water partition coefficient (Wildman–Crippen LogP) is 2.81. The van der Waals surface area contributed by atoms with E-state index in [-0.39, 0.29) is 11.9 Å². The standard InChI is InChI=1S/C17H19ClN4O2/c1-19-16(23)11-22-8-2-3-15(22)14-9-20-10-17(21-14)24-13-6-4-12(18)5-7-13/h4-7,9-10,15H,2-3,8,11H2,1H3,(H,19,23)/t15-/m0/s1. The summed E-state index contributed by atoms with van der Waals surface area (Å²) in [5.41, 5.74) is 0.822. The van der Waals surface area contributed by atoms with E-state index in [0.29, 0.717) is 23.2 Å². The van der Waals surface area contributed by atoms with Crippen LogP contribution in [0.5, 0.6) is 11.6 Å². The largest absolute Gasteiger partial charge is 0.437 e. The minimum atomic E-state index is 0.00317. The maximum Gasteiger partial charge on any atom is 0.238 e. The van der Waals surface area contributed by atoms with Crippen molar-refractivity contribution in [2.24, 2.45) is 0 Å².